The minimum absolute atomic E-state index is 0.0411. The number of carbonyl (C=O) groups is 2. The van der Waals surface area contributed by atoms with Gasteiger partial charge in [0.15, 0.2) is 11.9 Å². The highest BCUT2D eigenvalue weighted by Gasteiger charge is 2.44. The molecule has 0 N–H and O–H groups in total. The Balaban J connectivity index is 2.78. The number of hydrogen-bond acceptors (Lipinski definition) is 8. The van der Waals surface area contributed by atoms with Crippen LogP contribution in [0.2, 0.25) is 0 Å². The fraction of sp³-hybridized carbons (Fsp3) is 0.474. The molecule has 1 aliphatic rings. The average Bonchev–Trinajstić information content (AvgIpc) is 2.64. The van der Waals surface area contributed by atoms with Crippen molar-refractivity contribution in [2.45, 2.75) is 33.6 Å². The fourth-order valence-corrected chi connectivity index (χ4v) is 3.35. The molecule has 0 saturated carbocycles. The Hall–Kier alpha value is -3.10. The second kappa shape index (κ2) is 9.20. The van der Waals surface area contributed by atoms with Gasteiger partial charge in [0.25, 0.3) is 0 Å². The molecule has 150 valence electrons. The summed E-state index contributed by atoms with van der Waals surface area (Å²) in [5.41, 5.74) is 1.31. The first-order valence-electron chi connectivity index (χ1n) is 8.97. The van der Waals surface area contributed by atoms with Crippen molar-refractivity contribution < 1.29 is 23.8 Å². The van der Waals surface area contributed by atoms with Crippen molar-refractivity contribution in [2.24, 2.45) is 16.1 Å². The van der Waals surface area contributed by atoms with Gasteiger partial charge < -0.3 is 14.7 Å². The molecule has 0 radical (unpaired) electrons. The van der Waals surface area contributed by atoms with E-state index in [9.17, 15) is 19.7 Å². The number of ether oxygens (including phenoxy) is 2. The zero-order valence-corrected chi connectivity index (χ0v) is 16.3. The van der Waals surface area contributed by atoms with Gasteiger partial charge in [0.1, 0.15) is 12.5 Å². The molecule has 1 aromatic rings. The SMILES string of the molecule is CCOC(=O)C1=C(CN=O)N=C(C)C(C(=O)OCC)C1c1ccc[n+]([O-])c1C. The summed E-state index contributed by atoms with van der Waals surface area (Å²) in [6.07, 6.45) is 1.32. The maximum Gasteiger partial charge on any atom is 0.336 e. The van der Waals surface area contributed by atoms with Crippen LogP contribution >= 0.6 is 0 Å². The standard InChI is InChI=1S/C19H23N3O6/c1-5-27-18(23)15-11(3)21-14(10-20-25)17(19(24)28-6-2)16(15)13-8-7-9-22(26)12(13)4/h7-9,15-16H,5-6,10H2,1-4H3. The molecule has 9 heteroatoms. The van der Waals surface area contributed by atoms with E-state index in [2.05, 4.69) is 10.2 Å². The van der Waals surface area contributed by atoms with Crippen LogP contribution in [0.3, 0.4) is 0 Å². The van der Waals surface area contributed by atoms with E-state index in [1.165, 1.54) is 12.3 Å². The van der Waals surface area contributed by atoms with Crippen LogP contribution in [0.4, 0.5) is 0 Å². The molecule has 9 nitrogen and oxygen atoms in total. The molecule has 28 heavy (non-hydrogen) atoms. The van der Waals surface area contributed by atoms with Crippen molar-refractivity contribution >= 4 is 17.7 Å². The van der Waals surface area contributed by atoms with E-state index in [4.69, 9.17) is 9.47 Å². The Bertz CT molecular complexity index is 846. The molecule has 0 fully saturated rings. The van der Waals surface area contributed by atoms with Crippen LogP contribution in [0.25, 0.3) is 0 Å². The summed E-state index contributed by atoms with van der Waals surface area (Å²) in [5.74, 6) is -3.10. The number of nitrogens with zero attached hydrogens (tertiary/aromatic N) is 3. The van der Waals surface area contributed by atoms with E-state index in [1.807, 2.05) is 0 Å². The smallest absolute Gasteiger partial charge is 0.336 e. The van der Waals surface area contributed by atoms with Gasteiger partial charge in [-0.05, 0) is 26.8 Å². The fourth-order valence-electron chi connectivity index (χ4n) is 3.35. The number of esters is 2. The second-order valence-electron chi connectivity index (χ2n) is 6.20. The number of pyridine rings is 1. The molecule has 0 bridgehead atoms. The van der Waals surface area contributed by atoms with Crippen LogP contribution in [-0.2, 0) is 19.1 Å². The summed E-state index contributed by atoms with van der Waals surface area (Å²) in [6.45, 7) is 6.40. The predicted octanol–water partition coefficient (Wildman–Crippen LogP) is 1.95. The van der Waals surface area contributed by atoms with Crippen molar-refractivity contribution in [3.63, 3.8) is 0 Å². The first-order chi connectivity index (χ1) is 13.4. The number of nitroso groups, excluding NO2 is 1. The minimum Gasteiger partial charge on any atom is -0.619 e. The average molecular weight is 389 g/mol. The van der Waals surface area contributed by atoms with Gasteiger partial charge in [0.2, 0.25) is 0 Å². The van der Waals surface area contributed by atoms with Gasteiger partial charge >= 0.3 is 11.9 Å². The van der Waals surface area contributed by atoms with E-state index in [0.29, 0.717) is 21.7 Å². The number of aromatic nitrogens is 1. The van der Waals surface area contributed by atoms with E-state index in [-0.39, 0.29) is 31.0 Å². The normalized spacial score (nSPS) is 19.1. The lowest BCUT2D eigenvalue weighted by atomic mass is 9.75. The zero-order valence-electron chi connectivity index (χ0n) is 16.3. The van der Waals surface area contributed by atoms with E-state index in [1.54, 1.807) is 33.8 Å². The van der Waals surface area contributed by atoms with Gasteiger partial charge in [-0.3, -0.25) is 9.79 Å². The molecule has 2 atom stereocenters. The Labute approximate surface area is 162 Å². The van der Waals surface area contributed by atoms with E-state index in [0.717, 1.165) is 0 Å². The summed E-state index contributed by atoms with van der Waals surface area (Å²) in [5, 5.41) is 15.0. The molecule has 0 spiro atoms. The van der Waals surface area contributed by atoms with Gasteiger partial charge in [-0.25, -0.2) is 4.79 Å². The minimum atomic E-state index is -0.934. The molecule has 2 rings (SSSR count). The molecular weight excluding hydrogens is 366 g/mol. The van der Waals surface area contributed by atoms with Crippen molar-refractivity contribution in [1.29, 1.82) is 0 Å². The summed E-state index contributed by atoms with van der Waals surface area (Å²) in [6, 6.07) is 3.18. The van der Waals surface area contributed by atoms with Crippen molar-refractivity contribution in [1.82, 2.24) is 0 Å². The number of hydrogen-bond donors (Lipinski definition) is 0. The molecule has 2 unspecified atom stereocenters. The third-order valence-corrected chi connectivity index (χ3v) is 4.55. The second-order valence-corrected chi connectivity index (χ2v) is 6.20. The van der Waals surface area contributed by atoms with Crippen molar-refractivity contribution in [3.05, 3.63) is 51.0 Å². The molecule has 0 aliphatic carbocycles. The van der Waals surface area contributed by atoms with Crippen LogP contribution < -0.4 is 4.73 Å². The molecule has 1 aromatic heterocycles. The highest BCUT2D eigenvalue weighted by atomic mass is 16.5. The van der Waals surface area contributed by atoms with Gasteiger partial charge in [0.05, 0.1) is 24.5 Å². The third-order valence-electron chi connectivity index (χ3n) is 4.55. The molecule has 2 heterocycles. The summed E-state index contributed by atoms with van der Waals surface area (Å²) in [7, 11) is 0. The van der Waals surface area contributed by atoms with Gasteiger partial charge in [-0.2, -0.15) is 9.64 Å². The van der Waals surface area contributed by atoms with Gasteiger partial charge in [-0.1, -0.05) is 5.18 Å². The first kappa shape index (κ1) is 21.2. The quantitative estimate of drug-likeness (QED) is 0.304. The van der Waals surface area contributed by atoms with Crippen LogP contribution in [0.5, 0.6) is 0 Å². The Morgan fingerprint density at radius 2 is 1.93 bits per heavy atom. The lowest BCUT2D eigenvalue weighted by molar-refractivity contribution is -0.612. The van der Waals surface area contributed by atoms with E-state index < -0.39 is 23.8 Å². The molecule has 0 amide bonds. The number of carbonyl (C=O) groups excluding carboxylic acids is 2. The number of aliphatic imine (C=N–C) groups is 1. The Morgan fingerprint density at radius 3 is 2.54 bits per heavy atom. The van der Waals surface area contributed by atoms with Gasteiger partial charge in [-0.15, -0.1) is 0 Å². The lowest BCUT2D eigenvalue weighted by Crippen LogP contribution is -2.39. The predicted molar refractivity (Wildman–Crippen MR) is 100 cm³/mol. The summed E-state index contributed by atoms with van der Waals surface area (Å²) >= 11 is 0. The Morgan fingerprint density at radius 1 is 1.25 bits per heavy atom. The van der Waals surface area contributed by atoms with Crippen LogP contribution in [-0.4, -0.2) is 37.4 Å². The highest BCUT2D eigenvalue weighted by Crippen LogP contribution is 2.40. The molecule has 0 aromatic carbocycles. The lowest BCUT2D eigenvalue weighted by Gasteiger charge is -2.31. The van der Waals surface area contributed by atoms with Crippen LogP contribution in [0.15, 0.2) is 39.8 Å². The maximum atomic E-state index is 12.8. The monoisotopic (exact) mass is 389 g/mol. The van der Waals surface area contributed by atoms with E-state index >= 15 is 0 Å². The third kappa shape index (κ3) is 4.08. The molecular formula is C19H23N3O6. The summed E-state index contributed by atoms with van der Waals surface area (Å²) in [4.78, 5) is 40.7. The summed E-state index contributed by atoms with van der Waals surface area (Å²) < 4.78 is 11.0. The maximum absolute atomic E-state index is 12.8. The number of rotatable bonds is 7. The van der Waals surface area contributed by atoms with Crippen LogP contribution in [0, 0.1) is 23.0 Å². The van der Waals surface area contributed by atoms with Crippen LogP contribution in [0.1, 0.15) is 37.9 Å². The molecule has 0 saturated heterocycles. The largest absolute Gasteiger partial charge is 0.619 e. The first-order valence-corrected chi connectivity index (χ1v) is 8.97. The van der Waals surface area contributed by atoms with Crippen molar-refractivity contribution in [3.8, 4) is 0 Å². The molecule has 1 aliphatic heterocycles. The van der Waals surface area contributed by atoms with Gasteiger partial charge in [0, 0.05) is 30.2 Å². The Kier molecular flexibility index (Phi) is 6.97. The zero-order chi connectivity index (χ0) is 20.8. The highest BCUT2D eigenvalue weighted by molar-refractivity contribution is 6.07. The topological polar surface area (TPSA) is 121 Å². The van der Waals surface area contributed by atoms with Crippen molar-refractivity contribution in [2.75, 3.05) is 19.8 Å².